The monoisotopic (exact) mass is 272 g/mol. The van der Waals surface area contributed by atoms with Gasteiger partial charge in [-0.3, -0.25) is 4.79 Å². The normalized spacial score (nSPS) is 20.1. The van der Waals surface area contributed by atoms with Crippen molar-refractivity contribution in [2.24, 2.45) is 0 Å². The molecule has 0 aliphatic carbocycles. The Bertz CT molecular complexity index is 436. The molecule has 104 valence electrons. The molecule has 3 nitrogen and oxygen atoms in total. The van der Waals surface area contributed by atoms with Crippen LogP contribution in [-0.2, 0) is 11.0 Å². The van der Waals surface area contributed by atoms with Crippen LogP contribution in [0.1, 0.15) is 24.8 Å². The van der Waals surface area contributed by atoms with E-state index < -0.39 is 11.7 Å². The minimum absolute atomic E-state index is 0.195. The smallest absolute Gasteiger partial charge is 0.325 e. The first kappa shape index (κ1) is 13.9. The predicted molar refractivity (Wildman–Crippen MR) is 65.7 cm³/mol. The number of carbonyl (C=O) groups is 1. The first-order valence-electron chi connectivity index (χ1n) is 6.18. The molecule has 1 aromatic rings. The molecule has 1 fully saturated rings. The second-order valence-corrected chi connectivity index (χ2v) is 4.57. The number of halogens is 3. The van der Waals surface area contributed by atoms with Crippen LogP contribution in [0.15, 0.2) is 24.3 Å². The van der Waals surface area contributed by atoms with Crippen LogP contribution in [0.5, 0.6) is 0 Å². The number of rotatable bonds is 2. The molecule has 0 saturated carbocycles. The molecule has 0 aromatic heterocycles. The van der Waals surface area contributed by atoms with Crippen molar-refractivity contribution in [1.82, 2.24) is 5.32 Å². The zero-order chi connectivity index (χ0) is 13.9. The van der Waals surface area contributed by atoms with Gasteiger partial charge in [-0.05, 0) is 43.7 Å². The maximum Gasteiger partial charge on any atom is 0.416 e. The van der Waals surface area contributed by atoms with E-state index in [-0.39, 0.29) is 11.9 Å². The van der Waals surface area contributed by atoms with Gasteiger partial charge in [-0.25, -0.2) is 0 Å². The highest BCUT2D eigenvalue weighted by Gasteiger charge is 2.30. The lowest BCUT2D eigenvalue weighted by Gasteiger charge is -2.22. The summed E-state index contributed by atoms with van der Waals surface area (Å²) in [6.45, 7) is 0.797. The topological polar surface area (TPSA) is 41.1 Å². The van der Waals surface area contributed by atoms with Gasteiger partial charge in [0.1, 0.15) is 0 Å². The van der Waals surface area contributed by atoms with E-state index in [0.29, 0.717) is 5.69 Å². The van der Waals surface area contributed by atoms with E-state index in [1.807, 2.05) is 0 Å². The third kappa shape index (κ3) is 3.70. The summed E-state index contributed by atoms with van der Waals surface area (Å²) in [4.78, 5) is 11.9. The highest BCUT2D eigenvalue weighted by molar-refractivity contribution is 5.94. The minimum atomic E-state index is -4.35. The Balaban J connectivity index is 1.97. The van der Waals surface area contributed by atoms with Crippen molar-refractivity contribution < 1.29 is 18.0 Å². The van der Waals surface area contributed by atoms with Gasteiger partial charge in [0, 0.05) is 5.69 Å². The number of carbonyl (C=O) groups excluding carboxylic acids is 1. The summed E-state index contributed by atoms with van der Waals surface area (Å²) < 4.78 is 37.1. The summed E-state index contributed by atoms with van der Waals surface area (Å²) in [5.74, 6) is -0.195. The molecular weight excluding hydrogens is 257 g/mol. The molecule has 1 aromatic carbocycles. The second-order valence-electron chi connectivity index (χ2n) is 4.57. The summed E-state index contributed by atoms with van der Waals surface area (Å²) >= 11 is 0. The highest BCUT2D eigenvalue weighted by atomic mass is 19.4. The Hall–Kier alpha value is -1.56. The van der Waals surface area contributed by atoms with Crippen molar-refractivity contribution in [2.45, 2.75) is 31.5 Å². The fourth-order valence-electron chi connectivity index (χ4n) is 2.05. The van der Waals surface area contributed by atoms with Crippen LogP contribution in [0, 0.1) is 0 Å². The maximum atomic E-state index is 12.4. The number of piperidine rings is 1. The van der Waals surface area contributed by atoms with Gasteiger partial charge in [0.15, 0.2) is 0 Å². The van der Waals surface area contributed by atoms with E-state index in [9.17, 15) is 18.0 Å². The highest BCUT2D eigenvalue weighted by Crippen LogP contribution is 2.29. The van der Waals surface area contributed by atoms with Crippen LogP contribution in [0.2, 0.25) is 0 Å². The van der Waals surface area contributed by atoms with E-state index in [2.05, 4.69) is 10.6 Å². The number of alkyl halides is 3. The Morgan fingerprint density at radius 3 is 2.42 bits per heavy atom. The fraction of sp³-hybridized carbons (Fsp3) is 0.462. The van der Waals surface area contributed by atoms with Crippen molar-refractivity contribution in [2.75, 3.05) is 11.9 Å². The number of hydrogen-bond acceptors (Lipinski definition) is 2. The van der Waals surface area contributed by atoms with Crippen LogP contribution in [0.25, 0.3) is 0 Å². The molecule has 0 spiro atoms. The molecule has 1 aliphatic heterocycles. The van der Waals surface area contributed by atoms with Gasteiger partial charge in [-0.2, -0.15) is 13.2 Å². The predicted octanol–water partition coefficient (Wildman–Crippen LogP) is 2.79. The van der Waals surface area contributed by atoms with Crippen LogP contribution in [0.3, 0.4) is 0 Å². The molecule has 2 N–H and O–H groups in total. The van der Waals surface area contributed by atoms with Gasteiger partial charge in [-0.15, -0.1) is 0 Å². The van der Waals surface area contributed by atoms with E-state index >= 15 is 0 Å². The van der Waals surface area contributed by atoms with Crippen LogP contribution < -0.4 is 10.6 Å². The van der Waals surface area contributed by atoms with Gasteiger partial charge in [0.05, 0.1) is 11.6 Å². The van der Waals surface area contributed by atoms with Crippen molar-refractivity contribution in [3.63, 3.8) is 0 Å². The SMILES string of the molecule is O=C(Nc1ccc(C(F)(F)F)cc1)C1CCCCN1. The summed E-state index contributed by atoms with van der Waals surface area (Å²) in [5, 5.41) is 5.70. The molecule has 6 heteroatoms. The average molecular weight is 272 g/mol. The summed E-state index contributed by atoms with van der Waals surface area (Å²) in [6, 6.07) is 4.21. The zero-order valence-corrected chi connectivity index (χ0v) is 10.3. The lowest BCUT2D eigenvalue weighted by molar-refractivity contribution is -0.137. The third-order valence-corrected chi connectivity index (χ3v) is 3.11. The number of anilines is 1. The Labute approximate surface area is 109 Å². The molecule has 1 unspecified atom stereocenters. The van der Waals surface area contributed by atoms with E-state index in [4.69, 9.17) is 0 Å². The van der Waals surface area contributed by atoms with Crippen molar-refractivity contribution in [3.05, 3.63) is 29.8 Å². The number of benzene rings is 1. The van der Waals surface area contributed by atoms with E-state index in [1.165, 1.54) is 12.1 Å². The van der Waals surface area contributed by atoms with E-state index in [1.54, 1.807) is 0 Å². The van der Waals surface area contributed by atoms with Crippen molar-refractivity contribution >= 4 is 11.6 Å². The third-order valence-electron chi connectivity index (χ3n) is 3.11. The fourth-order valence-corrected chi connectivity index (χ4v) is 2.05. The molecule has 1 saturated heterocycles. The van der Waals surface area contributed by atoms with E-state index in [0.717, 1.165) is 37.9 Å². The van der Waals surface area contributed by atoms with Gasteiger partial charge in [0.25, 0.3) is 0 Å². The van der Waals surface area contributed by atoms with Gasteiger partial charge in [0.2, 0.25) is 5.91 Å². The molecule has 1 heterocycles. The molecule has 0 radical (unpaired) electrons. The van der Waals surface area contributed by atoms with Crippen LogP contribution in [-0.4, -0.2) is 18.5 Å². The number of hydrogen-bond donors (Lipinski definition) is 2. The number of nitrogens with one attached hydrogen (secondary N) is 2. The lowest BCUT2D eigenvalue weighted by Crippen LogP contribution is -2.43. The summed E-state index contributed by atoms with van der Waals surface area (Å²) in [6.07, 6.45) is -1.57. The maximum absolute atomic E-state index is 12.4. The quantitative estimate of drug-likeness (QED) is 0.869. The number of amides is 1. The van der Waals surface area contributed by atoms with Gasteiger partial charge in [-0.1, -0.05) is 6.42 Å². The summed E-state index contributed by atoms with van der Waals surface area (Å²) in [5.41, 5.74) is -0.341. The lowest BCUT2D eigenvalue weighted by atomic mass is 10.0. The molecule has 1 atom stereocenters. The summed E-state index contributed by atoms with van der Waals surface area (Å²) in [7, 11) is 0. The molecular formula is C13H15F3N2O. The standard InChI is InChI=1S/C13H15F3N2O/c14-13(15,16)9-4-6-10(7-5-9)18-12(19)11-3-1-2-8-17-11/h4-7,11,17H,1-3,8H2,(H,18,19). The van der Waals surface area contributed by atoms with Gasteiger partial charge < -0.3 is 10.6 Å². The minimum Gasteiger partial charge on any atom is -0.325 e. The van der Waals surface area contributed by atoms with Crippen molar-refractivity contribution in [3.8, 4) is 0 Å². The Morgan fingerprint density at radius 2 is 1.89 bits per heavy atom. The first-order valence-corrected chi connectivity index (χ1v) is 6.18. The Kier molecular flexibility index (Phi) is 4.09. The molecule has 0 bridgehead atoms. The Morgan fingerprint density at radius 1 is 1.21 bits per heavy atom. The second kappa shape index (κ2) is 5.61. The first-order chi connectivity index (χ1) is 8.97. The average Bonchev–Trinajstić information content (AvgIpc) is 2.39. The molecule has 2 rings (SSSR count). The van der Waals surface area contributed by atoms with Crippen LogP contribution >= 0.6 is 0 Å². The van der Waals surface area contributed by atoms with Gasteiger partial charge >= 0.3 is 6.18 Å². The molecule has 1 aliphatic rings. The van der Waals surface area contributed by atoms with Crippen LogP contribution in [0.4, 0.5) is 18.9 Å². The molecule has 1 amide bonds. The van der Waals surface area contributed by atoms with Crippen molar-refractivity contribution in [1.29, 1.82) is 0 Å². The largest absolute Gasteiger partial charge is 0.416 e. The molecule has 19 heavy (non-hydrogen) atoms. The zero-order valence-electron chi connectivity index (χ0n) is 10.3.